The fourth-order valence-corrected chi connectivity index (χ4v) is 2.11. The molecule has 92 valence electrons. The lowest BCUT2D eigenvalue weighted by molar-refractivity contribution is 0.592. The lowest BCUT2D eigenvalue weighted by Gasteiger charge is -2.11. The second kappa shape index (κ2) is 7.50. The van der Waals surface area contributed by atoms with Crippen LogP contribution in [0.25, 0.3) is 0 Å². The number of unbranched alkanes of at least 4 members (excludes halogenated alkanes) is 1. The molecule has 0 atom stereocenters. The van der Waals surface area contributed by atoms with Crippen LogP contribution < -0.4 is 5.32 Å². The Labute approximate surface area is 100 Å². The smallest absolute Gasteiger partial charge is 0.0359 e. The van der Waals surface area contributed by atoms with Gasteiger partial charge in [0.25, 0.3) is 0 Å². The van der Waals surface area contributed by atoms with Crippen LogP contribution in [0.3, 0.4) is 0 Å². The van der Waals surface area contributed by atoms with Gasteiger partial charge in [0, 0.05) is 24.5 Å². The number of aromatic nitrogens is 1. The molecule has 1 N–H and O–H groups in total. The van der Waals surface area contributed by atoms with E-state index in [-0.39, 0.29) is 0 Å². The summed E-state index contributed by atoms with van der Waals surface area (Å²) in [5.74, 6) is 0. The highest BCUT2D eigenvalue weighted by molar-refractivity contribution is 5.16. The average molecular weight is 222 g/mol. The molecule has 0 bridgehead atoms. The van der Waals surface area contributed by atoms with E-state index in [1.54, 1.807) is 0 Å². The molecule has 16 heavy (non-hydrogen) atoms. The monoisotopic (exact) mass is 222 g/mol. The van der Waals surface area contributed by atoms with Gasteiger partial charge in [-0.2, -0.15) is 0 Å². The molecule has 1 heterocycles. The number of nitrogens with zero attached hydrogens (tertiary/aromatic N) is 1. The van der Waals surface area contributed by atoms with E-state index in [2.05, 4.69) is 42.8 Å². The number of nitrogens with one attached hydrogen (secondary N) is 1. The molecule has 0 spiro atoms. The maximum atomic E-state index is 3.51. The Morgan fingerprint density at radius 2 is 1.81 bits per heavy atom. The number of hydrogen-bond acceptors (Lipinski definition) is 1. The first-order chi connectivity index (χ1) is 7.83. The van der Waals surface area contributed by atoms with E-state index in [0.717, 1.165) is 19.6 Å². The van der Waals surface area contributed by atoms with Crippen molar-refractivity contribution in [2.75, 3.05) is 6.54 Å². The van der Waals surface area contributed by atoms with Gasteiger partial charge in [0.05, 0.1) is 0 Å². The van der Waals surface area contributed by atoms with Crippen LogP contribution in [0.2, 0.25) is 0 Å². The molecule has 0 aliphatic heterocycles. The van der Waals surface area contributed by atoms with Gasteiger partial charge in [0.15, 0.2) is 0 Å². The van der Waals surface area contributed by atoms with Gasteiger partial charge in [-0.3, -0.25) is 0 Å². The van der Waals surface area contributed by atoms with Crippen molar-refractivity contribution in [3.63, 3.8) is 0 Å². The summed E-state index contributed by atoms with van der Waals surface area (Å²) >= 11 is 0. The fraction of sp³-hybridized carbons (Fsp3) is 0.714. The largest absolute Gasteiger partial charge is 0.348 e. The first-order valence-electron chi connectivity index (χ1n) is 6.71. The van der Waals surface area contributed by atoms with Gasteiger partial charge in [-0.05, 0) is 38.4 Å². The van der Waals surface area contributed by atoms with Crippen molar-refractivity contribution in [1.29, 1.82) is 0 Å². The molecular formula is C14H26N2. The van der Waals surface area contributed by atoms with Gasteiger partial charge < -0.3 is 9.88 Å². The highest BCUT2D eigenvalue weighted by atomic mass is 15.0. The lowest BCUT2D eigenvalue weighted by Crippen LogP contribution is -2.17. The van der Waals surface area contributed by atoms with E-state index in [4.69, 9.17) is 0 Å². The third-order valence-electron chi connectivity index (χ3n) is 3.00. The van der Waals surface area contributed by atoms with Crippen molar-refractivity contribution in [1.82, 2.24) is 9.88 Å². The molecule has 0 fully saturated rings. The highest BCUT2D eigenvalue weighted by Crippen LogP contribution is 2.11. The van der Waals surface area contributed by atoms with Crippen LogP contribution in [0.15, 0.2) is 12.1 Å². The maximum absolute atomic E-state index is 3.51. The molecule has 2 nitrogen and oxygen atoms in total. The maximum Gasteiger partial charge on any atom is 0.0359 e. The van der Waals surface area contributed by atoms with E-state index in [0.29, 0.717) is 0 Å². The summed E-state index contributed by atoms with van der Waals surface area (Å²) in [6.45, 7) is 9.94. The number of hydrogen-bond donors (Lipinski definition) is 1. The predicted octanol–water partition coefficient (Wildman–Crippen LogP) is 3.35. The molecule has 1 aromatic heterocycles. The van der Waals surface area contributed by atoms with Crippen molar-refractivity contribution >= 4 is 0 Å². The fourth-order valence-electron chi connectivity index (χ4n) is 2.11. The van der Waals surface area contributed by atoms with Crippen molar-refractivity contribution < 1.29 is 0 Å². The summed E-state index contributed by atoms with van der Waals surface area (Å²) in [6, 6.07) is 4.55. The van der Waals surface area contributed by atoms with E-state index in [9.17, 15) is 0 Å². The average Bonchev–Trinajstić information content (AvgIpc) is 2.67. The van der Waals surface area contributed by atoms with E-state index in [1.807, 2.05) is 0 Å². The van der Waals surface area contributed by atoms with Crippen molar-refractivity contribution in [3.05, 3.63) is 23.5 Å². The second-order valence-corrected chi connectivity index (χ2v) is 4.34. The molecule has 1 aromatic rings. The third kappa shape index (κ3) is 3.67. The van der Waals surface area contributed by atoms with Gasteiger partial charge in [-0.1, -0.05) is 26.7 Å². The van der Waals surface area contributed by atoms with Gasteiger partial charge in [0.1, 0.15) is 0 Å². The Morgan fingerprint density at radius 3 is 2.44 bits per heavy atom. The Kier molecular flexibility index (Phi) is 6.24. The van der Waals surface area contributed by atoms with Crippen LogP contribution in [0.1, 0.15) is 51.4 Å². The van der Waals surface area contributed by atoms with Crippen LogP contribution in [-0.4, -0.2) is 11.1 Å². The minimum absolute atomic E-state index is 1.01. The van der Waals surface area contributed by atoms with Crippen molar-refractivity contribution in [3.8, 4) is 0 Å². The first-order valence-corrected chi connectivity index (χ1v) is 6.71. The molecule has 0 unspecified atom stereocenters. The zero-order chi connectivity index (χ0) is 11.8. The molecular weight excluding hydrogens is 196 g/mol. The Morgan fingerprint density at radius 1 is 1.06 bits per heavy atom. The van der Waals surface area contributed by atoms with E-state index in [1.165, 1.54) is 37.1 Å². The summed E-state index contributed by atoms with van der Waals surface area (Å²) in [6.07, 6.45) is 4.97. The van der Waals surface area contributed by atoms with Crippen LogP contribution in [0.5, 0.6) is 0 Å². The van der Waals surface area contributed by atoms with Gasteiger partial charge in [-0.15, -0.1) is 0 Å². The lowest BCUT2D eigenvalue weighted by atomic mass is 10.2. The zero-order valence-corrected chi connectivity index (χ0v) is 11.1. The summed E-state index contributed by atoms with van der Waals surface area (Å²) in [5, 5.41) is 3.51. The normalized spacial score (nSPS) is 10.9. The molecule has 0 aliphatic carbocycles. The molecule has 0 amide bonds. The van der Waals surface area contributed by atoms with Crippen LogP contribution in [0.4, 0.5) is 0 Å². The molecule has 0 aliphatic rings. The molecule has 1 rings (SSSR count). The molecule has 0 saturated heterocycles. The number of rotatable bonds is 8. The summed E-state index contributed by atoms with van der Waals surface area (Å²) in [5.41, 5.74) is 2.92. The second-order valence-electron chi connectivity index (χ2n) is 4.34. The standard InChI is InChI=1S/C14H26N2/c1-4-7-11-15-12-14-10-9-13(8-5-2)16(14)6-3/h9-10,15H,4-8,11-12H2,1-3H3. The summed E-state index contributed by atoms with van der Waals surface area (Å²) in [7, 11) is 0. The topological polar surface area (TPSA) is 17.0 Å². The van der Waals surface area contributed by atoms with E-state index < -0.39 is 0 Å². The first kappa shape index (κ1) is 13.3. The molecule has 0 saturated carbocycles. The van der Waals surface area contributed by atoms with Gasteiger partial charge in [-0.25, -0.2) is 0 Å². The molecule has 0 radical (unpaired) electrons. The highest BCUT2D eigenvalue weighted by Gasteiger charge is 2.05. The Balaban J connectivity index is 2.51. The van der Waals surface area contributed by atoms with Gasteiger partial charge >= 0.3 is 0 Å². The number of aryl methyl sites for hydroxylation is 1. The Bertz CT molecular complexity index is 289. The van der Waals surface area contributed by atoms with Crippen molar-refractivity contribution in [2.24, 2.45) is 0 Å². The minimum atomic E-state index is 1.01. The summed E-state index contributed by atoms with van der Waals surface area (Å²) in [4.78, 5) is 0. The minimum Gasteiger partial charge on any atom is -0.348 e. The molecule has 0 aromatic carbocycles. The predicted molar refractivity (Wildman–Crippen MR) is 70.7 cm³/mol. The van der Waals surface area contributed by atoms with Gasteiger partial charge in [0.2, 0.25) is 0 Å². The van der Waals surface area contributed by atoms with Crippen LogP contribution >= 0.6 is 0 Å². The SMILES string of the molecule is CCCCNCc1ccc(CCC)n1CC. The zero-order valence-electron chi connectivity index (χ0n) is 11.1. The quantitative estimate of drug-likeness (QED) is 0.667. The molecule has 2 heteroatoms. The van der Waals surface area contributed by atoms with E-state index >= 15 is 0 Å². The van der Waals surface area contributed by atoms with Crippen molar-refractivity contribution in [2.45, 2.75) is 59.5 Å². The van der Waals surface area contributed by atoms with Crippen LogP contribution in [-0.2, 0) is 19.5 Å². The Hall–Kier alpha value is -0.760. The van der Waals surface area contributed by atoms with Crippen LogP contribution in [0, 0.1) is 0 Å². The third-order valence-corrected chi connectivity index (χ3v) is 3.00. The summed E-state index contributed by atoms with van der Waals surface area (Å²) < 4.78 is 2.45.